The molecular formula is C17H23N3. The van der Waals surface area contributed by atoms with E-state index in [0.29, 0.717) is 0 Å². The van der Waals surface area contributed by atoms with Gasteiger partial charge in [0.2, 0.25) is 0 Å². The standard InChI is InChI=1S/C17H23N3/c1-17(2)8-7-14-5-4-6-15(16(14)18-13-17)20-11-9-19(3)10-12-20/h4-8,13H,9-12H2,1-3H3. The Kier molecular flexibility index (Phi) is 3.38. The minimum Gasteiger partial charge on any atom is -0.367 e. The van der Waals surface area contributed by atoms with Crippen LogP contribution in [0.1, 0.15) is 19.4 Å². The van der Waals surface area contributed by atoms with Gasteiger partial charge in [-0.3, -0.25) is 4.99 Å². The van der Waals surface area contributed by atoms with Gasteiger partial charge in [-0.15, -0.1) is 0 Å². The summed E-state index contributed by atoms with van der Waals surface area (Å²) in [5, 5.41) is 0. The average Bonchev–Trinajstić information content (AvgIpc) is 2.59. The van der Waals surface area contributed by atoms with Gasteiger partial charge in [-0.05, 0) is 13.1 Å². The second-order valence-corrected chi connectivity index (χ2v) is 6.42. The van der Waals surface area contributed by atoms with Crippen LogP contribution in [0.3, 0.4) is 0 Å². The van der Waals surface area contributed by atoms with Crippen molar-refractivity contribution in [3.05, 3.63) is 29.8 Å². The van der Waals surface area contributed by atoms with Crippen LogP contribution in [-0.2, 0) is 0 Å². The summed E-state index contributed by atoms with van der Waals surface area (Å²) in [6, 6.07) is 6.50. The fraction of sp³-hybridized carbons (Fsp3) is 0.471. The predicted octanol–water partition coefficient (Wildman–Crippen LogP) is 3.19. The first-order valence-electron chi connectivity index (χ1n) is 7.36. The molecule has 3 nitrogen and oxygen atoms in total. The molecular weight excluding hydrogens is 246 g/mol. The van der Waals surface area contributed by atoms with E-state index >= 15 is 0 Å². The number of benzene rings is 1. The Morgan fingerprint density at radius 2 is 1.85 bits per heavy atom. The number of para-hydroxylation sites is 1. The Balaban J connectivity index is 1.97. The van der Waals surface area contributed by atoms with Gasteiger partial charge in [0.25, 0.3) is 0 Å². The van der Waals surface area contributed by atoms with E-state index in [1.54, 1.807) is 0 Å². The number of rotatable bonds is 1. The lowest BCUT2D eigenvalue weighted by atomic mass is 9.95. The second-order valence-electron chi connectivity index (χ2n) is 6.42. The molecule has 0 radical (unpaired) electrons. The molecule has 1 aromatic carbocycles. The minimum absolute atomic E-state index is 0.0262. The Hall–Kier alpha value is -1.61. The number of aliphatic imine (C=N–C) groups is 1. The molecule has 0 bridgehead atoms. The number of allylic oxidation sites excluding steroid dienone is 1. The van der Waals surface area contributed by atoms with Gasteiger partial charge in [0.1, 0.15) is 0 Å². The zero-order valence-corrected chi connectivity index (χ0v) is 12.6. The summed E-state index contributed by atoms with van der Waals surface area (Å²) in [7, 11) is 2.19. The zero-order valence-electron chi connectivity index (χ0n) is 12.6. The highest BCUT2D eigenvalue weighted by atomic mass is 15.3. The summed E-state index contributed by atoms with van der Waals surface area (Å²) < 4.78 is 0. The SMILES string of the molecule is CN1CCN(c2cccc3c2N=CC(C)(C)C=C3)CC1. The predicted molar refractivity (Wildman–Crippen MR) is 87.1 cm³/mol. The Morgan fingerprint density at radius 3 is 2.60 bits per heavy atom. The van der Waals surface area contributed by atoms with Gasteiger partial charge in [-0.25, -0.2) is 0 Å². The maximum Gasteiger partial charge on any atom is 0.0931 e. The van der Waals surface area contributed by atoms with Crippen LogP contribution in [0.2, 0.25) is 0 Å². The van der Waals surface area contributed by atoms with E-state index in [-0.39, 0.29) is 5.41 Å². The van der Waals surface area contributed by atoms with Crippen LogP contribution >= 0.6 is 0 Å². The first kappa shape index (κ1) is 13.4. The normalized spacial score (nSPS) is 21.6. The smallest absolute Gasteiger partial charge is 0.0931 e. The van der Waals surface area contributed by atoms with Crippen molar-refractivity contribution in [1.29, 1.82) is 0 Å². The maximum absolute atomic E-state index is 4.79. The molecule has 2 heterocycles. The number of likely N-dealkylation sites (N-methyl/N-ethyl adjacent to an activating group) is 1. The molecule has 2 aliphatic heterocycles. The van der Waals surface area contributed by atoms with Crippen LogP contribution < -0.4 is 4.90 Å². The third-order valence-electron chi connectivity index (χ3n) is 4.11. The Labute approximate surface area is 121 Å². The van der Waals surface area contributed by atoms with Gasteiger partial charge in [0, 0.05) is 43.4 Å². The Bertz CT molecular complexity index is 549. The highest BCUT2D eigenvalue weighted by molar-refractivity contribution is 5.86. The fourth-order valence-corrected chi connectivity index (χ4v) is 2.70. The topological polar surface area (TPSA) is 18.8 Å². The van der Waals surface area contributed by atoms with Gasteiger partial charge in [0.15, 0.2) is 0 Å². The third-order valence-corrected chi connectivity index (χ3v) is 4.11. The van der Waals surface area contributed by atoms with E-state index in [1.165, 1.54) is 11.3 Å². The minimum atomic E-state index is 0.0262. The van der Waals surface area contributed by atoms with E-state index in [4.69, 9.17) is 4.99 Å². The van der Waals surface area contributed by atoms with E-state index in [0.717, 1.165) is 31.9 Å². The molecule has 0 spiro atoms. The lowest BCUT2D eigenvalue weighted by molar-refractivity contribution is 0.313. The number of anilines is 1. The molecule has 0 aliphatic carbocycles. The van der Waals surface area contributed by atoms with Crippen molar-refractivity contribution >= 4 is 23.7 Å². The first-order chi connectivity index (χ1) is 9.55. The molecule has 2 aliphatic rings. The van der Waals surface area contributed by atoms with Crippen molar-refractivity contribution in [3.63, 3.8) is 0 Å². The summed E-state index contributed by atoms with van der Waals surface area (Å²) in [6.07, 6.45) is 6.51. The van der Waals surface area contributed by atoms with Crippen molar-refractivity contribution < 1.29 is 0 Å². The van der Waals surface area contributed by atoms with Crippen LogP contribution in [0.4, 0.5) is 11.4 Å². The van der Waals surface area contributed by atoms with Crippen molar-refractivity contribution in [1.82, 2.24) is 4.90 Å². The van der Waals surface area contributed by atoms with Crippen molar-refractivity contribution in [2.24, 2.45) is 10.4 Å². The highest BCUT2D eigenvalue weighted by Gasteiger charge is 2.20. The van der Waals surface area contributed by atoms with Crippen LogP contribution in [-0.4, -0.2) is 44.3 Å². The Morgan fingerprint density at radius 1 is 1.10 bits per heavy atom. The molecule has 0 saturated carbocycles. The van der Waals surface area contributed by atoms with Gasteiger partial charge >= 0.3 is 0 Å². The summed E-state index contributed by atoms with van der Waals surface area (Å²) in [6.45, 7) is 8.78. The molecule has 106 valence electrons. The van der Waals surface area contributed by atoms with Crippen LogP contribution in [0.15, 0.2) is 29.3 Å². The number of hydrogen-bond acceptors (Lipinski definition) is 3. The van der Waals surface area contributed by atoms with E-state index in [2.05, 4.69) is 67.3 Å². The molecule has 0 atom stereocenters. The average molecular weight is 269 g/mol. The van der Waals surface area contributed by atoms with E-state index in [9.17, 15) is 0 Å². The van der Waals surface area contributed by atoms with Crippen LogP contribution in [0.5, 0.6) is 0 Å². The van der Waals surface area contributed by atoms with E-state index in [1.807, 2.05) is 0 Å². The summed E-state index contributed by atoms with van der Waals surface area (Å²) in [5.41, 5.74) is 3.65. The quantitative estimate of drug-likeness (QED) is 0.779. The van der Waals surface area contributed by atoms with Crippen LogP contribution in [0.25, 0.3) is 6.08 Å². The molecule has 1 saturated heterocycles. The monoisotopic (exact) mass is 269 g/mol. The lowest BCUT2D eigenvalue weighted by Gasteiger charge is -2.34. The lowest BCUT2D eigenvalue weighted by Crippen LogP contribution is -2.44. The number of piperazine rings is 1. The van der Waals surface area contributed by atoms with E-state index < -0.39 is 0 Å². The van der Waals surface area contributed by atoms with Gasteiger partial charge in [-0.2, -0.15) is 0 Å². The fourth-order valence-electron chi connectivity index (χ4n) is 2.70. The third kappa shape index (κ3) is 2.63. The van der Waals surface area contributed by atoms with Gasteiger partial charge in [-0.1, -0.05) is 38.1 Å². The van der Waals surface area contributed by atoms with Crippen LogP contribution in [0, 0.1) is 5.41 Å². The molecule has 3 heteroatoms. The molecule has 3 rings (SSSR count). The van der Waals surface area contributed by atoms with Crippen molar-refractivity contribution in [3.8, 4) is 0 Å². The number of nitrogens with zero attached hydrogens (tertiary/aromatic N) is 3. The molecule has 1 fully saturated rings. The summed E-state index contributed by atoms with van der Waals surface area (Å²) in [4.78, 5) is 9.63. The van der Waals surface area contributed by atoms with Crippen molar-refractivity contribution in [2.45, 2.75) is 13.8 Å². The first-order valence-corrected chi connectivity index (χ1v) is 7.36. The highest BCUT2D eigenvalue weighted by Crippen LogP contribution is 2.36. The largest absolute Gasteiger partial charge is 0.367 e. The van der Waals surface area contributed by atoms with Crippen molar-refractivity contribution in [2.75, 3.05) is 38.1 Å². The number of fused-ring (bicyclic) bond motifs is 1. The molecule has 1 aromatic rings. The maximum atomic E-state index is 4.79. The zero-order chi connectivity index (χ0) is 14.2. The second kappa shape index (κ2) is 5.06. The molecule has 0 aromatic heterocycles. The number of hydrogen-bond donors (Lipinski definition) is 0. The summed E-state index contributed by atoms with van der Waals surface area (Å²) in [5.74, 6) is 0. The molecule has 0 amide bonds. The van der Waals surface area contributed by atoms with Gasteiger partial charge < -0.3 is 9.80 Å². The molecule has 0 N–H and O–H groups in total. The molecule has 0 unspecified atom stereocenters. The molecule has 20 heavy (non-hydrogen) atoms. The summed E-state index contributed by atoms with van der Waals surface area (Å²) >= 11 is 0. The van der Waals surface area contributed by atoms with Gasteiger partial charge in [0.05, 0.1) is 11.4 Å².